The van der Waals surface area contributed by atoms with Gasteiger partial charge in [-0.3, -0.25) is 4.79 Å². The molecule has 3 rings (SSSR count). The Morgan fingerprint density at radius 2 is 2.25 bits per heavy atom. The van der Waals surface area contributed by atoms with Crippen LogP contribution < -0.4 is 10.9 Å². The molecule has 1 N–H and O–H groups in total. The summed E-state index contributed by atoms with van der Waals surface area (Å²) in [5.74, 6) is 0. The number of hydrogen-bond acceptors (Lipinski definition) is 3. The van der Waals surface area contributed by atoms with E-state index in [0.29, 0.717) is 11.6 Å². The number of aromatic nitrogens is 2. The van der Waals surface area contributed by atoms with Gasteiger partial charge in [0, 0.05) is 17.6 Å². The molecular weight excluding hydrogens is 274 g/mol. The lowest BCUT2D eigenvalue weighted by Crippen LogP contribution is -2.27. The van der Waals surface area contributed by atoms with E-state index in [1.807, 2.05) is 25.1 Å². The second kappa shape index (κ2) is 5.29. The van der Waals surface area contributed by atoms with Crippen LogP contribution in [0.25, 0.3) is 0 Å². The molecule has 0 spiro atoms. The van der Waals surface area contributed by atoms with Crippen LogP contribution in [-0.4, -0.2) is 16.3 Å². The molecule has 0 atom stereocenters. The highest BCUT2D eigenvalue weighted by Gasteiger charge is 2.13. The molecule has 5 heteroatoms. The van der Waals surface area contributed by atoms with Crippen LogP contribution in [0.5, 0.6) is 0 Å². The van der Waals surface area contributed by atoms with E-state index < -0.39 is 0 Å². The van der Waals surface area contributed by atoms with Gasteiger partial charge in [-0.1, -0.05) is 23.7 Å². The lowest BCUT2D eigenvalue weighted by atomic mass is 10.1. The van der Waals surface area contributed by atoms with Gasteiger partial charge in [0.1, 0.15) is 0 Å². The largest absolute Gasteiger partial charge is 0.383 e. The maximum Gasteiger partial charge on any atom is 0.269 e. The summed E-state index contributed by atoms with van der Waals surface area (Å²) in [5, 5.41) is 8.34. The van der Waals surface area contributed by atoms with Crippen LogP contribution in [0.3, 0.4) is 0 Å². The van der Waals surface area contributed by atoms with E-state index >= 15 is 0 Å². The topological polar surface area (TPSA) is 46.9 Å². The molecule has 2 heterocycles. The van der Waals surface area contributed by atoms with Crippen molar-refractivity contribution in [2.75, 3.05) is 11.9 Å². The molecule has 0 amide bonds. The minimum Gasteiger partial charge on any atom is -0.383 e. The highest BCUT2D eigenvalue weighted by molar-refractivity contribution is 6.31. The molecule has 0 bridgehead atoms. The van der Waals surface area contributed by atoms with Crippen molar-refractivity contribution in [3.05, 3.63) is 56.5 Å². The van der Waals surface area contributed by atoms with E-state index in [1.165, 1.54) is 4.68 Å². The highest BCUT2D eigenvalue weighted by Crippen LogP contribution is 2.20. The minimum atomic E-state index is -0.102. The number of halogens is 1. The molecule has 2 aromatic rings. The van der Waals surface area contributed by atoms with Gasteiger partial charge in [-0.05, 0) is 37.0 Å². The third-order valence-electron chi connectivity index (χ3n) is 3.51. The van der Waals surface area contributed by atoms with Gasteiger partial charge in [-0.2, -0.15) is 5.10 Å². The normalized spacial score (nSPS) is 13.7. The number of nitrogens with one attached hydrogen (secondary N) is 1. The second-order valence-corrected chi connectivity index (χ2v) is 5.53. The van der Waals surface area contributed by atoms with Crippen LogP contribution in [0.15, 0.2) is 29.1 Å². The zero-order valence-electron chi connectivity index (χ0n) is 11.3. The Morgan fingerprint density at radius 1 is 1.40 bits per heavy atom. The molecule has 20 heavy (non-hydrogen) atoms. The summed E-state index contributed by atoms with van der Waals surface area (Å²) in [6.45, 7) is 3.30. The number of rotatable bonds is 2. The Bertz CT molecular complexity index is 709. The third-order valence-corrected chi connectivity index (χ3v) is 3.86. The lowest BCUT2D eigenvalue weighted by Gasteiger charge is -2.18. The molecule has 1 aromatic carbocycles. The number of benzene rings is 1. The van der Waals surface area contributed by atoms with Gasteiger partial charge < -0.3 is 5.32 Å². The highest BCUT2D eigenvalue weighted by atomic mass is 35.5. The summed E-state index contributed by atoms with van der Waals surface area (Å²) in [7, 11) is 0. The average Bonchev–Trinajstić information content (AvgIpc) is 2.42. The van der Waals surface area contributed by atoms with Crippen LogP contribution in [0.1, 0.15) is 23.2 Å². The van der Waals surface area contributed by atoms with Gasteiger partial charge in [0.2, 0.25) is 0 Å². The molecule has 0 saturated heterocycles. The van der Waals surface area contributed by atoms with E-state index in [2.05, 4.69) is 10.4 Å². The summed E-state index contributed by atoms with van der Waals surface area (Å²) in [5.41, 5.74) is 3.74. The minimum absolute atomic E-state index is 0.102. The Kier molecular flexibility index (Phi) is 3.49. The first-order chi connectivity index (χ1) is 9.63. The monoisotopic (exact) mass is 289 g/mol. The van der Waals surface area contributed by atoms with Gasteiger partial charge in [0.05, 0.1) is 17.9 Å². The van der Waals surface area contributed by atoms with E-state index in [4.69, 9.17) is 11.6 Å². The van der Waals surface area contributed by atoms with Crippen molar-refractivity contribution in [2.45, 2.75) is 26.3 Å². The molecule has 1 aliphatic heterocycles. The molecular formula is C15H16ClN3O. The van der Waals surface area contributed by atoms with Crippen LogP contribution in [0.4, 0.5) is 5.69 Å². The van der Waals surface area contributed by atoms with Crippen molar-refractivity contribution in [1.29, 1.82) is 0 Å². The van der Waals surface area contributed by atoms with Crippen LogP contribution in [-0.2, 0) is 13.0 Å². The summed E-state index contributed by atoms with van der Waals surface area (Å²) in [6, 6.07) is 7.47. The molecule has 1 aromatic heterocycles. The maximum atomic E-state index is 12.1. The molecule has 4 nitrogen and oxygen atoms in total. The first-order valence-electron chi connectivity index (χ1n) is 6.73. The van der Waals surface area contributed by atoms with Gasteiger partial charge in [0.15, 0.2) is 0 Å². The molecule has 0 fully saturated rings. The summed E-state index contributed by atoms with van der Waals surface area (Å²) < 4.78 is 1.49. The first-order valence-corrected chi connectivity index (χ1v) is 7.11. The molecule has 1 aliphatic rings. The van der Waals surface area contributed by atoms with E-state index in [-0.39, 0.29) is 5.56 Å². The fourth-order valence-electron chi connectivity index (χ4n) is 2.40. The maximum absolute atomic E-state index is 12.1. The van der Waals surface area contributed by atoms with E-state index in [0.717, 1.165) is 41.9 Å². The standard InChI is InChI=1S/C15H16ClN3O/c1-10-4-5-11(12(16)7-10)9-19-15(20)8-14-13(18-19)3-2-6-17-14/h4-5,7-8,17H,2-3,6,9H2,1H3. The fraction of sp³-hybridized carbons (Fsp3) is 0.333. The molecule has 0 aliphatic carbocycles. The first kappa shape index (κ1) is 13.2. The van der Waals surface area contributed by atoms with Crippen LogP contribution >= 0.6 is 11.6 Å². The van der Waals surface area contributed by atoms with Crippen LogP contribution in [0.2, 0.25) is 5.02 Å². The number of anilines is 1. The molecule has 0 saturated carbocycles. The SMILES string of the molecule is Cc1ccc(Cn2nc3c(cc2=O)NCCC3)c(Cl)c1. The summed E-state index contributed by atoms with van der Waals surface area (Å²) in [6.07, 6.45) is 1.95. The van der Waals surface area contributed by atoms with Gasteiger partial charge in [-0.15, -0.1) is 0 Å². The van der Waals surface area contributed by atoms with Crippen molar-refractivity contribution < 1.29 is 0 Å². The number of hydrogen-bond donors (Lipinski definition) is 1. The predicted molar refractivity (Wildman–Crippen MR) is 80.6 cm³/mol. The Morgan fingerprint density at radius 3 is 3.05 bits per heavy atom. The molecule has 104 valence electrons. The summed E-state index contributed by atoms with van der Waals surface area (Å²) >= 11 is 6.22. The molecule has 0 unspecified atom stereocenters. The van der Waals surface area contributed by atoms with Crippen molar-refractivity contribution in [3.63, 3.8) is 0 Å². The van der Waals surface area contributed by atoms with Gasteiger partial charge >= 0.3 is 0 Å². The zero-order valence-corrected chi connectivity index (χ0v) is 12.1. The third kappa shape index (κ3) is 2.56. The fourth-order valence-corrected chi connectivity index (χ4v) is 2.70. The lowest BCUT2D eigenvalue weighted by molar-refractivity contribution is 0.608. The molecule has 0 radical (unpaired) electrons. The quantitative estimate of drug-likeness (QED) is 0.924. The number of nitrogens with zero attached hydrogens (tertiary/aromatic N) is 2. The van der Waals surface area contributed by atoms with Crippen molar-refractivity contribution in [1.82, 2.24) is 9.78 Å². The van der Waals surface area contributed by atoms with Crippen molar-refractivity contribution in [3.8, 4) is 0 Å². The number of fused-ring (bicyclic) bond motifs is 1. The van der Waals surface area contributed by atoms with E-state index in [1.54, 1.807) is 6.07 Å². The Hall–Kier alpha value is -1.81. The average molecular weight is 290 g/mol. The van der Waals surface area contributed by atoms with E-state index in [9.17, 15) is 4.79 Å². The Labute approximate surface area is 122 Å². The van der Waals surface area contributed by atoms with Gasteiger partial charge in [-0.25, -0.2) is 4.68 Å². The van der Waals surface area contributed by atoms with Crippen molar-refractivity contribution in [2.24, 2.45) is 0 Å². The number of aryl methyl sites for hydroxylation is 2. The zero-order chi connectivity index (χ0) is 14.1. The van der Waals surface area contributed by atoms with Crippen molar-refractivity contribution >= 4 is 17.3 Å². The van der Waals surface area contributed by atoms with Crippen LogP contribution in [0, 0.1) is 6.92 Å². The van der Waals surface area contributed by atoms with Gasteiger partial charge in [0.25, 0.3) is 5.56 Å². The summed E-state index contributed by atoms with van der Waals surface area (Å²) in [4.78, 5) is 12.1. The smallest absolute Gasteiger partial charge is 0.269 e. The second-order valence-electron chi connectivity index (χ2n) is 5.13. The predicted octanol–water partition coefficient (Wildman–Crippen LogP) is 2.61. The Balaban J connectivity index is 1.96.